The number of hydrogen-bond acceptors (Lipinski definition) is 3. The highest BCUT2D eigenvalue weighted by atomic mass is 35.5. The average Bonchev–Trinajstić information content (AvgIpc) is 2.33. The number of pyridine rings is 1. The molecule has 1 aromatic rings. The van der Waals surface area contributed by atoms with Crippen LogP contribution in [0.25, 0.3) is 0 Å². The summed E-state index contributed by atoms with van der Waals surface area (Å²) in [6.45, 7) is 2.60. The molecule has 1 aromatic heterocycles. The lowest BCUT2D eigenvalue weighted by molar-refractivity contribution is -0.141. The third-order valence-electron chi connectivity index (χ3n) is 3.90. The van der Waals surface area contributed by atoms with Gasteiger partial charge in [0.15, 0.2) is 0 Å². The molecule has 1 aliphatic rings. The van der Waals surface area contributed by atoms with Crippen molar-refractivity contribution in [3.63, 3.8) is 0 Å². The lowest BCUT2D eigenvalue weighted by atomic mass is 9.82. The summed E-state index contributed by atoms with van der Waals surface area (Å²) in [5.41, 5.74) is -2.00. The molecule has 0 saturated carbocycles. The van der Waals surface area contributed by atoms with Crippen molar-refractivity contribution in [2.45, 2.75) is 37.6 Å². The Bertz CT molecular complexity index is 509. The van der Waals surface area contributed by atoms with E-state index in [-0.39, 0.29) is 16.8 Å². The minimum atomic E-state index is -4.54. The third-order valence-corrected chi connectivity index (χ3v) is 4.19. The first kappa shape index (κ1) is 15.5. The molecule has 1 N–H and O–H groups in total. The molecule has 1 fully saturated rings. The second kappa shape index (κ2) is 5.16. The van der Waals surface area contributed by atoms with Gasteiger partial charge in [0.2, 0.25) is 0 Å². The first-order valence-corrected chi connectivity index (χ1v) is 6.68. The van der Waals surface area contributed by atoms with Crippen LogP contribution in [0.3, 0.4) is 0 Å². The highest BCUT2D eigenvalue weighted by molar-refractivity contribution is 6.30. The molecule has 20 heavy (non-hydrogen) atoms. The van der Waals surface area contributed by atoms with Gasteiger partial charge in [-0.2, -0.15) is 13.2 Å². The summed E-state index contributed by atoms with van der Waals surface area (Å²) in [4.78, 5) is 5.46. The van der Waals surface area contributed by atoms with Gasteiger partial charge in [0.05, 0.1) is 5.60 Å². The van der Waals surface area contributed by atoms with Gasteiger partial charge in [-0.25, -0.2) is 4.98 Å². The molecule has 7 heteroatoms. The number of likely N-dealkylation sites (tertiary alicyclic amines) is 1. The summed E-state index contributed by atoms with van der Waals surface area (Å²) in [6, 6.07) is 2.21. The van der Waals surface area contributed by atoms with Crippen LogP contribution in [0, 0.1) is 0 Å². The smallest absolute Gasteiger partial charge is 0.385 e. The Hall–Kier alpha value is -0.850. The van der Waals surface area contributed by atoms with Crippen molar-refractivity contribution in [3.05, 3.63) is 28.5 Å². The van der Waals surface area contributed by atoms with E-state index in [9.17, 15) is 18.3 Å². The van der Waals surface area contributed by atoms with Crippen molar-refractivity contribution >= 4 is 11.6 Å². The van der Waals surface area contributed by atoms with E-state index in [4.69, 9.17) is 11.6 Å². The van der Waals surface area contributed by atoms with Gasteiger partial charge in [0.25, 0.3) is 0 Å². The number of aliphatic hydroxyl groups is 1. The number of hydrogen-bond donors (Lipinski definition) is 1. The summed E-state index contributed by atoms with van der Waals surface area (Å²) >= 11 is 5.86. The van der Waals surface area contributed by atoms with Crippen LogP contribution < -0.4 is 0 Å². The van der Waals surface area contributed by atoms with E-state index in [2.05, 4.69) is 9.88 Å². The summed E-state index contributed by atoms with van der Waals surface area (Å²) in [5, 5.41) is 10.4. The Labute approximate surface area is 120 Å². The maximum absolute atomic E-state index is 12.6. The van der Waals surface area contributed by atoms with Crippen molar-refractivity contribution in [2.24, 2.45) is 0 Å². The molecule has 0 aromatic carbocycles. The van der Waals surface area contributed by atoms with Crippen LogP contribution in [-0.2, 0) is 11.8 Å². The zero-order valence-corrected chi connectivity index (χ0v) is 12.0. The van der Waals surface area contributed by atoms with Gasteiger partial charge in [0, 0.05) is 18.2 Å². The Balaban J connectivity index is 2.34. The maximum Gasteiger partial charge on any atom is 0.433 e. The van der Waals surface area contributed by atoms with Gasteiger partial charge >= 0.3 is 6.18 Å². The second-order valence-electron chi connectivity index (χ2n) is 5.35. The van der Waals surface area contributed by atoms with E-state index >= 15 is 0 Å². The number of halogens is 4. The summed E-state index contributed by atoms with van der Waals surface area (Å²) in [5.74, 6) is 0. The molecule has 3 nitrogen and oxygen atoms in total. The molecule has 2 atom stereocenters. The van der Waals surface area contributed by atoms with Crippen molar-refractivity contribution in [1.29, 1.82) is 0 Å². The molecule has 0 bridgehead atoms. The SMILES string of the molecule is CC1CC(O)(c2ccc(C(F)(F)F)nc2Cl)CCN1C. The Morgan fingerprint density at radius 2 is 2.10 bits per heavy atom. The zero-order chi connectivity index (χ0) is 15.1. The largest absolute Gasteiger partial charge is 0.433 e. The predicted molar refractivity (Wildman–Crippen MR) is 69.5 cm³/mol. The Morgan fingerprint density at radius 3 is 2.60 bits per heavy atom. The Kier molecular flexibility index (Phi) is 4.01. The number of alkyl halides is 3. The first-order valence-electron chi connectivity index (χ1n) is 6.30. The van der Waals surface area contributed by atoms with Crippen molar-refractivity contribution < 1.29 is 18.3 Å². The maximum atomic E-state index is 12.6. The minimum absolute atomic E-state index is 0.118. The average molecular weight is 309 g/mol. The van der Waals surface area contributed by atoms with Crippen LogP contribution in [0.4, 0.5) is 13.2 Å². The standard InChI is InChI=1S/C13H16ClF3N2O/c1-8-7-12(20,5-6-19(8)2)9-3-4-10(13(15,16)17)18-11(9)14/h3-4,8,20H,5-7H2,1-2H3. The zero-order valence-electron chi connectivity index (χ0n) is 11.2. The molecular weight excluding hydrogens is 293 g/mol. The molecule has 112 valence electrons. The summed E-state index contributed by atoms with van der Waals surface area (Å²) < 4.78 is 37.7. The topological polar surface area (TPSA) is 36.4 Å². The van der Waals surface area contributed by atoms with Gasteiger partial charge in [-0.3, -0.25) is 0 Å². The molecular formula is C13H16ClF3N2O. The van der Waals surface area contributed by atoms with Gasteiger partial charge < -0.3 is 10.0 Å². The highest BCUT2D eigenvalue weighted by Gasteiger charge is 2.40. The van der Waals surface area contributed by atoms with Crippen LogP contribution in [0.2, 0.25) is 5.15 Å². The second-order valence-corrected chi connectivity index (χ2v) is 5.71. The normalized spacial score (nSPS) is 28.6. The third kappa shape index (κ3) is 2.92. The van der Waals surface area contributed by atoms with Crippen molar-refractivity contribution in [1.82, 2.24) is 9.88 Å². The van der Waals surface area contributed by atoms with E-state index in [1.807, 2.05) is 14.0 Å². The Morgan fingerprint density at radius 1 is 1.45 bits per heavy atom. The molecule has 2 heterocycles. The van der Waals surface area contributed by atoms with Gasteiger partial charge in [-0.05, 0) is 32.9 Å². The van der Waals surface area contributed by atoms with E-state index < -0.39 is 17.5 Å². The fraction of sp³-hybridized carbons (Fsp3) is 0.615. The lowest BCUT2D eigenvalue weighted by Gasteiger charge is -2.41. The predicted octanol–water partition coefficient (Wildman–Crippen LogP) is 3.06. The molecule has 1 saturated heterocycles. The quantitative estimate of drug-likeness (QED) is 0.810. The number of aromatic nitrogens is 1. The molecule has 1 aliphatic heterocycles. The fourth-order valence-electron chi connectivity index (χ4n) is 2.51. The lowest BCUT2D eigenvalue weighted by Crippen LogP contribution is -2.46. The van der Waals surface area contributed by atoms with E-state index in [0.29, 0.717) is 19.4 Å². The first-order chi connectivity index (χ1) is 9.13. The van der Waals surface area contributed by atoms with Gasteiger partial charge in [0.1, 0.15) is 10.8 Å². The molecule has 0 radical (unpaired) electrons. The van der Waals surface area contributed by atoms with Crippen molar-refractivity contribution in [3.8, 4) is 0 Å². The van der Waals surface area contributed by atoms with Crippen molar-refractivity contribution in [2.75, 3.05) is 13.6 Å². The molecule has 0 spiro atoms. The van der Waals surface area contributed by atoms with Gasteiger partial charge in [-0.15, -0.1) is 0 Å². The molecule has 0 aliphatic carbocycles. The van der Waals surface area contributed by atoms with Crippen LogP contribution in [0.5, 0.6) is 0 Å². The summed E-state index contributed by atoms with van der Waals surface area (Å²) in [7, 11) is 1.94. The van der Waals surface area contributed by atoms with Crippen LogP contribution >= 0.6 is 11.6 Å². The van der Waals surface area contributed by atoms with Crippen LogP contribution in [0.15, 0.2) is 12.1 Å². The molecule has 2 unspecified atom stereocenters. The fourth-order valence-corrected chi connectivity index (χ4v) is 2.84. The monoisotopic (exact) mass is 308 g/mol. The minimum Gasteiger partial charge on any atom is -0.385 e. The van der Waals surface area contributed by atoms with Gasteiger partial charge in [-0.1, -0.05) is 17.7 Å². The van der Waals surface area contributed by atoms with E-state index in [1.165, 1.54) is 6.07 Å². The summed E-state index contributed by atoms with van der Waals surface area (Å²) in [6.07, 6.45) is -3.71. The molecule has 2 rings (SSSR count). The van der Waals surface area contributed by atoms with Crippen LogP contribution in [-0.4, -0.2) is 34.6 Å². The number of rotatable bonds is 1. The highest BCUT2D eigenvalue weighted by Crippen LogP contribution is 2.39. The number of nitrogens with zero attached hydrogens (tertiary/aromatic N) is 2. The molecule has 0 amide bonds. The van der Waals surface area contributed by atoms with E-state index in [1.54, 1.807) is 0 Å². The number of piperidine rings is 1. The van der Waals surface area contributed by atoms with E-state index in [0.717, 1.165) is 6.07 Å². The van der Waals surface area contributed by atoms with Crippen LogP contribution in [0.1, 0.15) is 31.0 Å².